The lowest BCUT2D eigenvalue weighted by atomic mass is 9.76. The molecular formula is C13H25IN2. The Kier molecular flexibility index (Phi) is 5.08. The van der Waals surface area contributed by atoms with Crippen LogP contribution in [0, 0.1) is 11.3 Å². The highest BCUT2D eigenvalue weighted by Gasteiger charge is 2.27. The van der Waals surface area contributed by atoms with Crippen molar-refractivity contribution in [3.05, 3.63) is 0 Å². The minimum absolute atomic E-state index is 0.412. The molecule has 2 nitrogen and oxygen atoms in total. The first kappa shape index (κ1) is 14.3. The fourth-order valence-corrected chi connectivity index (χ4v) is 3.25. The van der Waals surface area contributed by atoms with Crippen molar-refractivity contribution in [2.45, 2.75) is 51.0 Å². The molecule has 0 radical (unpaired) electrons. The Morgan fingerprint density at radius 2 is 2.00 bits per heavy atom. The Labute approximate surface area is 114 Å². The molecular weight excluding hydrogens is 311 g/mol. The molecule has 3 heteroatoms. The fraction of sp³-hybridized carbons (Fsp3) is 0.923. The topological polar surface area (TPSA) is 15.6 Å². The summed E-state index contributed by atoms with van der Waals surface area (Å²) in [6.45, 7) is 10.4. The number of aliphatic imine (C=N–C) groups is 1. The molecule has 0 aromatic rings. The van der Waals surface area contributed by atoms with E-state index in [1.54, 1.807) is 0 Å². The molecule has 94 valence electrons. The van der Waals surface area contributed by atoms with Gasteiger partial charge in [-0.2, -0.15) is 0 Å². The predicted octanol–water partition coefficient (Wildman–Crippen LogP) is 3.94. The summed E-state index contributed by atoms with van der Waals surface area (Å²) >= 11 is 2.48. The van der Waals surface area contributed by atoms with Crippen LogP contribution in [0.2, 0.25) is 0 Å². The first-order valence-electron chi connectivity index (χ1n) is 6.20. The summed E-state index contributed by atoms with van der Waals surface area (Å²) in [5.41, 5.74) is 0.412. The second-order valence-electron chi connectivity index (χ2n) is 5.97. The van der Waals surface area contributed by atoms with E-state index in [1.807, 2.05) is 0 Å². The van der Waals surface area contributed by atoms with Gasteiger partial charge in [-0.25, -0.2) is 0 Å². The van der Waals surface area contributed by atoms with Gasteiger partial charge in [0.1, 0.15) is 4.05 Å². The minimum Gasteiger partial charge on any atom is -0.364 e. The van der Waals surface area contributed by atoms with Gasteiger partial charge < -0.3 is 4.90 Å². The zero-order valence-corrected chi connectivity index (χ0v) is 13.4. The highest BCUT2D eigenvalue weighted by atomic mass is 127. The van der Waals surface area contributed by atoms with Gasteiger partial charge in [0.2, 0.25) is 0 Å². The number of amidine groups is 1. The maximum Gasteiger partial charge on any atom is 0.103 e. The molecule has 16 heavy (non-hydrogen) atoms. The van der Waals surface area contributed by atoms with E-state index in [-0.39, 0.29) is 0 Å². The summed E-state index contributed by atoms with van der Waals surface area (Å²) in [6.07, 6.45) is 3.83. The summed E-state index contributed by atoms with van der Waals surface area (Å²) in [5, 5.41) is 0. The number of alkyl halides is 1. The molecule has 1 heterocycles. The molecule has 0 bridgehead atoms. The van der Waals surface area contributed by atoms with Gasteiger partial charge in [0.05, 0.1) is 5.84 Å². The van der Waals surface area contributed by atoms with Crippen LogP contribution in [0.4, 0.5) is 0 Å². The van der Waals surface area contributed by atoms with E-state index >= 15 is 0 Å². The molecule has 0 fully saturated rings. The first-order valence-corrected chi connectivity index (χ1v) is 7.45. The van der Waals surface area contributed by atoms with E-state index < -0.39 is 0 Å². The van der Waals surface area contributed by atoms with Crippen LogP contribution >= 0.6 is 22.6 Å². The Morgan fingerprint density at radius 1 is 1.38 bits per heavy atom. The summed E-state index contributed by atoms with van der Waals surface area (Å²) in [4.78, 5) is 7.06. The molecule has 2 atom stereocenters. The molecule has 1 aliphatic heterocycles. The van der Waals surface area contributed by atoms with Crippen molar-refractivity contribution in [2.24, 2.45) is 16.3 Å². The number of hydrogen-bond acceptors (Lipinski definition) is 2. The van der Waals surface area contributed by atoms with Crippen LogP contribution in [0.5, 0.6) is 0 Å². The van der Waals surface area contributed by atoms with E-state index in [0.29, 0.717) is 9.46 Å². The third-order valence-corrected chi connectivity index (χ3v) is 4.42. The van der Waals surface area contributed by atoms with Crippen molar-refractivity contribution in [3.8, 4) is 0 Å². The molecule has 0 saturated carbocycles. The average molecular weight is 336 g/mol. The molecule has 0 saturated heterocycles. The Hall–Kier alpha value is 0.200. The average Bonchev–Trinajstić information content (AvgIpc) is 2.18. The zero-order chi connectivity index (χ0) is 12.3. The highest BCUT2D eigenvalue weighted by Crippen LogP contribution is 2.35. The van der Waals surface area contributed by atoms with Crippen LogP contribution in [0.25, 0.3) is 0 Å². The van der Waals surface area contributed by atoms with E-state index in [4.69, 9.17) is 4.99 Å². The Morgan fingerprint density at radius 3 is 2.56 bits per heavy atom. The predicted molar refractivity (Wildman–Crippen MR) is 80.3 cm³/mol. The summed E-state index contributed by atoms with van der Waals surface area (Å²) in [6, 6.07) is 0. The number of hydrogen-bond donors (Lipinski definition) is 0. The molecule has 1 aliphatic rings. The number of nitrogens with zero attached hydrogens (tertiary/aromatic N) is 2. The molecule has 0 aromatic carbocycles. The number of rotatable bonds is 0. The fourth-order valence-electron chi connectivity index (χ4n) is 2.23. The van der Waals surface area contributed by atoms with E-state index in [2.05, 4.69) is 62.2 Å². The lowest BCUT2D eigenvalue weighted by molar-refractivity contribution is 0.207. The van der Waals surface area contributed by atoms with Crippen LogP contribution in [0.15, 0.2) is 4.99 Å². The molecule has 0 N–H and O–H groups in total. The molecule has 2 unspecified atom stereocenters. The summed E-state index contributed by atoms with van der Waals surface area (Å²) in [7, 11) is 2.15. The Bertz CT molecular complexity index is 255. The summed E-state index contributed by atoms with van der Waals surface area (Å²) < 4.78 is 0.433. The smallest absolute Gasteiger partial charge is 0.103 e. The lowest BCUT2D eigenvalue weighted by Crippen LogP contribution is -2.25. The monoisotopic (exact) mass is 336 g/mol. The second kappa shape index (κ2) is 5.69. The maximum absolute atomic E-state index is 4.77. The third kappa shape index (κ3) is 4.22. The minimum atomic E-state index is 0.412. The van der Waals surface area contributed by atoms with Crippen LogP contribution in [0.3, 0.4) is 0 Å². The van der Waals surface area contributed by atoms with Gasteiger partial charge in [-0.15, -0.1) is 0 Å². The van der Waals surface area contributed by atoms with Crippen LogP contribution < -0.4 is 0 Å². The Balaban J connectivity index is 2.77. The van der Waals surface area contributed by atoms with E-state index in [9.17, 15) is 0 Å². The SMILES string of the molecule is C/C1=N/C(I)CC(C(C)(C)C)CCCN1C. The second-order valence-corrected chi connectivity index (χ2v) is 7.41. The first-order chi connectivity index (χ1) is 7.30. The standard InChI is InChI=1S/C13H25IN2/c1-10-15-12(14)9-11(13(2,3)4)7-6-8-16(10)5/h11-12H,6-9H2,1-5H3/b15-10-. The van der Waals surface area contributed by atoms with Crippen molar-refractivity contribution in [2.75, 3.05) is 13.6 Å². The van der Waals surface area contributed by atoms with Gasteiger partial charge in [0.15, 0.2) is 0 Å². The van der Waals surface area contributed by atoms with Crippen LogP contribution in [0.1, 0.15) is 47.0 Å². The van der Waals surface area contributed by atoms with Gasteiger partial charge in [-0.1, -0.05) is 43.4 Å². The van der Waals surface area contributed by atoms with Crippen molar-refractivity contribution in [3.63, 3.8) is 0 Å². The van der Waals surface area contributed by atoms with Crippen LogP contribution in [-0.2, 0) is 0 Å². The van der Waals surface area contributed by atoms with Crippen molar-refractivity contribution in [1.29, 1.82) is 0 Å². The van der Waals surface area contributed by atoms with Gasteiger partial charge in [0.25, 0.3) is 0 Å². The number of halogens is 1. The van der Waals surface area contributed by atoms with E-state index in [0.717, 1.165) is 12.5 Å². The quantitative estimate of drug-likeness (QED) is 0.372. The van der Waals surface area contributed by atoms with Gasteiger partial charge in [-0.3, -0.25) is 4.99 Å². The van der Waals surface area contributed by atoms with Gasteiger partial charge in [-0.05, 0) is 37.5 Å². The third-order valence-electron chi connectivity index (χ3n) is 3.63. The lowest BCUT2D eigenvalue weighted by Gasteiger charge is -2.31. The summed E-state index contributed by atoms with van der Waals surface area (Å²) in [5.74, 6) is 1.98. The molecule has 0 aromatic heterocycles. The van der Waals surface area contributed by atoms with Gasteiger partial charge in [0, 0.05) is 13.6 Å². The molecule has 0 amide bonds. The van der Waals surface area contributed by atoms with Crippen molar-refractivity contribution in [1.82, 2.24) is 4.90 Å². The molecule has 0 aliphatic carbocycles. The normalized spacial score (nSPS) is 32.4. The van der Waals surface area contributed by atoms with Crippen LogP contribution in [-0.4, -0.2) is 28.4 Å². The maximum atomic E-state index is 4.77. The molecule has 1 rings (SSSR count). The molecule has 0 spiro atoms. The highest BCUT2D eigenvalue weighted by molar-refractivity contribution is 14.1. The largest absolute Gasteiger partial charge is 0.364 e. The van der Waals surface area contributed by atoms with Crippen molar-refractivity contribution >= 4 is 28.4 Å². The zero-order valence-electron chi connectivity index (χ0n) is 11.3. The van der Waals surface area contributed by atoms with E-state index in [1.165, 1.54) is 25.1 Å². The van der Waals surface area contributed by atoms with Gasteiger partial charge >= 0.3 is 0 Å². The van der Waals surface area contributed by atoms with Crippen molar-refractivity contribution < 1.29 is 0 Å².